The summed E-state index contributed by atoms with van der Waals surface area (Å²) in [6.07, 6.45) is -3.36. The quantitative estimate of drug-likeness (QED) is 0.0421. The van der Waals surface area contributed by atoms with Crippen molar-refractivity contribution < 1.29 is 63.2 Å². The molecule has 71 heavy (non-hydrogen) atoms. The maximum atomic E-state index is 15.1. The van der Waals surface area contributed by atoms with E-state index >= 15 is 4.79 Å². The lowest BCUT2D eigenvalue weighted by Crippen LogP contribution is -2.65. The molecule has 22 nitrogen and oxygen atoms in total. The van der Waals surface area contributed by atoms with Crippen molar-refractivity contribution in [3.8, 4) is 5.75 Å². The minimum absolute atomic E-state index is 0.000448. The number of cyclic esters (lactones) is 1. The summed E-state index contributed by atoms with van der Waals surface area (Å²) in [5, 5.41) is 51.5. The molecule has 388 valence electrons. The van der Waals surface area contributed by atoms with Crippen LogP contribution >= 0.6 is 0 Å². The van der Waals surface area contributed by atoms with Crippen LogP contribution in [0, 0.1) is 11.3 Å². The van der Waals surface area contributed by atoms with Gasteiger partial charge < -0.3 is 62.2 Å². The molecule has 2 aromatic rings. The summed E-state index contributed by atoms with van der Waals surface area (Å²) in [5.41, 5.74) is 6.85. The highest BCUT2D eigenvalue weighted by Crippen LogP contribution is 2.26. The van der Waals surface area contributed by atoms with Crippen molar-refractivity contribution >= 4 is 59.1 Å². The van der Waals surface area contributed by atoms with Gasteiger partial charge in [0.25, 0.3) is 0 Å². The average Bonchev–Trinajstić information content (AvgIpc) is 3.31. The Bertz CT molecular complexity index is 2230. The summed E-state index contributed by atoms with van der Waals surface area (Å²) in [6.45, 7) is 6.13. The molecule has 2 aromatic carbocycles. The highest BCUT2D eigenvalue weighted by molar-refractivity contribution is 5.99. The Kier molecular flexibility index (Phi) is 21.3. The number of aliphatic hydroxyl groups is 1. The van der Waals surface area contributed by atoms with Crippen molar-refractivity contribution in [3.63, 3.8) is 0 Å². The van der Waals surface area contributed by atoms with Gasteiger partial charge in [0.2, 0.25) is 41.4 Å². The molecule has 22 heteroatoms. The van der Waals surface area contributed by atoms with Gasteiger partial charge in [-0.3, -0.25) is 43.8 Å². The van der Waals surface area contributed by atoms with E-state index in [0.29, 0.717) is 24.0 Å². The van der Waals surface area contributed by atoms with E-state index in [2.05, 4.69) is 26.6 Å². The van der Waals surface area contributed by atoms with Gasteiger partial charge in [0.15, 0.2) is 0 Å². The fourth-order valence-electron chi connectivity index (χ4n) is 8.46. The van der Waals surface area contributed by atoms with Crippen LogP contribution in [0.3, 0.4) is 0 Å². The molecular weight excluding hydrogens is 923 g/mol. The minimum atomic E-state index is -1.87. The Morgan fingerprint density at radius 2 is 1.54 bits per heavy atom. The molecule has 0 spiro atoms. The standard InChI is InChI=1S/C49H69N9O13/c1-6-12-38(60)52-34(26-40(62)63)44(65)56-42-28(4)71-49(70)41(27(2)3)55-45(66)35(23-19-29-17-20-31(59)21-18-29)57(5)48(69)36(25-30-13-8-7-9-14-30)58-39(61)24-22-33(47(58)68)54-43(64)32(53-46(42)67)15-10-11-16-37(50)51/h7-9,13-14,17-18,20-21,27-28,32-36,39,41-42,59,61H,6,10-12,15-16,19,22-26H2,1-5H3,(H3,50,51)(H,52,60)(H,53,67)(H,54,64)(H,55,66)(H,56,65)(H,62,63)/t28-,32+,33+,34-,35+,36+,39+,41-,42+/m1/s1. The number of carboxylic acid groups (broad SMARTS) is 1. The van der Waals surface area contributed by atoms with Crippen LogP contribution in [0.2, 0.25) is 0 Å². The predicted molar refractivity (Wildman–Crippen MR) is 257 cm³/mol. The number of nitrogens with one attached hydrogen (secondary N) is 6. The molecule has 7 amide bonds. The van der Waals surface area contributed by atoms with Gasteiger partial charge in [0.05, 0.1) is 12.3 Å². The SMILES string of the molecule is CCCC(=O)N[C@H](CC(=O)O)C(=O)N[C@@H]1C(=O)N[C@@H](CCCCC(=N)N)C(=O)N[C@H]2CC[C@H](O)N(C2=O)[C@@H](Cc2ccccc2)C(=O)N(C)[C@@H](CCc2ccc(O)cc2)C(=O)N[C@H](C(C)C)C(=O)O[C@@H]1C. The fourth-order valence-corrected chi connectivity index (χ4v) is 8.46. The molecule has 4 rings (SSSR count). The van der Waals surface area contributed by atoms with Crippen LogP contribution in [-0.4, -0.2) is 146 Å². The lowest BCUT2D eigenvalue weighted by molar-refractivity contribution is -0.165. The van der Waals surface area contributed by atoms with E-state index < -0.39 is 120 Å². The largest absolute Gasteiger partial charge is 0.508 e. The first kappa shape index (κ1) is 56.5. The highest BCUT2D eigenvalue weighted by Gasteiger charge is 2.46. The number of carbonyl (C=O) groups excluding carboxylic acids is 8. The highest BCUT2D eigenvalue weighted by atomic mass is 16.5. The zero-order valence-electron chi connectivity index (χ0n) is 40.9. The second-order valence-electron chi connectivity index (χ2n) is 18.4. The number of aromatic hydroxyl groups is 1. The predicted octanol–water partition coefficient (Wildman–Crippen LogP) is 0.500. The first-order chi connectivity index (χ1) is 33.6. The first-order valence-corrected chi connectivity index (χ1v) is 24.0. The summed E-state index contributed by atoms with van der Waals surface area (Å²) in [5.74, 6) is -9.56. The third-order valence-corrected chi connectivity index (χ3v) is 12.5. The van der Waals surface area contributed by atoms with E-state index in [1.165, 1.54) is 26.1 Å². The number of amides is 7. The number of hydrogen-bond acceptors (Lipinski definition) is 13. The number of aliphatic carboxylic acids is 1. The van der Waals surface area contributed by atoms with Crippen LogP contribution in [0.15, 0.2) is 54.6 Å². The third kappa shape index (κ3) is 16.5. The van der Waals surface area contributed by atoms with E-state index in [1.54, 1.807) is 63.2 Å². The van der Waals surface area contributed by atoms with E-state index in [1.807, 2.05) is 0 Å². The third-order valence-electron chi connectivity index (χ3n) is 12.5. The van der Waals surface area contributed by atoms with Crippen molar-refractivity contribution in [1.82, 2.24) is 36.4 Å². The number of aryl methyl sites for hydroxylation is 1. The fraction of sp³-hybridized carbons (Fsp3) is 0.551. The molecular formula is C49H69N9O13. The summed E-state index contributed by atoms with van der Waals surface area (Å²) < 4.78 is 5.83. The van der Waals surface area contributed by atoms with Gasteiger partial charge in [0.1, 0.15) is 60.4 Å². The molecule has 11 N–H and O–H groups in total. The number of rotatable bonds is 18. The summed E-state index contributed by atoms with van der Waals surface area (Å²) in [6, 6.07) is 4.22. The van der Waals surface area contributed by atoms with E-state index in [0.717, 1.165) is 9.80 Å². The maximum absolute atomic E-state index is 15.1. The number of nitrogens with zero attached hydrogens (tertiary/aromatic N) is 2. The second-order valence-corrected chi connectivity index (χ2v) is 18.4. The van der Waals surface area contributed by atoms with Crippen LogP contribution in [0.25, 0.3) is 0 Å². The van der Waals surface area contributed by atoms with Gasteiger partial charge in [-0.1, -0.05) is 69.7 Å². The Balaban J connectivity index is 1.87. The molecule has 2 fully saturated rings. The van der Waals surface area contributed by atoms with Gasteiger partial charge in [-0.25, -0.2) is 4.79 Å². The maximum Gasteiger partial charge on any atom is 0.329 e. The number of piperidine rings is 1. The zero-order chi connectivity index (χ0) is 52.5. The Morgan fingerprint density at radius 1 is 0.859 bits per heavy atom. The van der Waals surface area contributed by atoms with Crippen molar-refractivity contribution in [2.45, 2.75) is 159 Å². The number of fused-ring (bicyclic) bond motifs is 2. The molecule has 0 unspecified atom stereocenters. The number of carbonyl (C=O) groups is 9. The van der Waals surface area contributed by atoms with Gasteiger partial charge in [-0.15, -0.1) is 0 Å². The molecule has 2 bridgehead atoms. The molecule has 2 heterocycles. The van der Waals surface area contributed by atoms with Gasteiger partial charge in [-0.2, -0.15) is 0 Å². The van der Waals surface area contributed by atoms with E-state index in [4.69, 9.17) is 15.9 Å². The number of unbranched alkanes of at least 4 members (excludes halogenated alkanes) is 1. The van der Waals surface area contributed by atoms with Gasteiger partial charge in [-0.05, 0) is 81.0 Å². The molecule has 0 saturated carbocycles. The van der Waals surface area contributed by atoms with Crippen molar-refractivity contribution in [1.29, 1.82) is 5.41 Å². The monoisotopic (exact) mass is 992 g/mol. The summed E-state index contributed by atoms with van der Waals surface area (Å²) in [4.78, 5) is 128. The van der Waals surface area contributed by atoms with Gasteiger partial charge >= 0.3 is 11.9 Å². The van der Waals surface area contributed by atoms with Gasteiger partial charge in [0, 0.05) is 26.3 Å². The molecule has 0 aliphatic carbocycles. The smallest absolute Gasteiger partial charge is 0.329 e. The summed E-state index contributed by atoms with van der Waals surface area (Å²) in [7, 11) is 1.36. The lowest BCUT2D eigenvalue weighted by atomic mass is 9.95. The number of phenolic OH excluding ortho intramolecular Hbond substituents is 1. The Labute approximate surface area is 412 Å². The van der Waals surface area contributed by atoms with Crippen molar-refractivity contribution in [2.75, 3.05) is 7.05 Å². The van der Waals surface area contributed by atoms with Crippen LogP contribution in [0.4, 0.5) is 0 Å². The van der Waals surface area contributed by atoms with E-state index in [-0.39, 0.29) is 69.4 Å². The average molecular weight is 992 g/mol. The lowest BCUT2D eigenvalue weighted by Gasteiger charge is -2.43. The second kappa shape index (κ2) is 26.8. The zero-order valence-corrected chi connectivity index (χ0v) is 40.9. The molecule has 0 aromatic heterocycles. The number of esters is 1. The number of likely N-dealkylation sites (N-methyl/N-ethyl adjacent to an activating group) is 1. The van der Waals surface area contributed by atoms with Crippen LogP contribution in [0.1, 0.15) is 103 Å². The first-order valence-electron chi connectivity index (χ1n) is 24.0. The van der Waals surface area contributed by atoms with Crippen molar-refractivity contribution in [2.24, 2.45) is 11.7 Å². The topological polar surface area (TPSA) is 340 Å². The number of aliphatic hydroxyl groups excluding tert-OH is 1. The number of carboxylic acids is 1. The minimum Gasteiger partial charge on any atom is -0.508 e. The normalized spacial score (nSPS) is 24.3. The number of ether oxygens (including phenoxy) is 1. The number of phenols is 1. The summed E-state index contributed by atoms with van der Waals surface area (Å²) >= 11 is 0. The number of benzene rings is 2. The number of nitrogens with two attached hydrogens (primary N) is 1. The van der Waals surface area contributed by atoms with Crippen LogP contribution < -0.4 is 32.3 Å². The number of hydrogen-bond donors (Lipinski definition) is 10. The molecule has 0 radical (unpaired) electrons. The molecule has 9 atom stereocenters. The molecule has 2 aliphatic rings. The van der Waals surface area contributed by atoms with Crippen LogP contribution in [0.5, 0.6) is 5.75 Å². The van der Waals surface area contributed by atoms with E-state index in [9.17, 15) is 53.7 Å². The Morgan fingerprint density at radius 3 is 2.15 bits per heavy atom. The Hall–Kier alpha value is -7.10. The molecule has 2 saturated heterocycles. The van der Waals surface area contributed by atoms with Crippen molar-refractivity contribution in [3.05, 3.63) is 65.7 Å². The van der Waals surface area contributed by atoms with Crippen LogP contribution in [-0.2, 0) is 60.7 Å². The number of amidine groups is 1. The molecule has 2 aliphatic heterocycles.